The van der Waals surface area contributed by atoms with Crippen LogP contribution in [-0.4, -0.2) is 11.1 Å². The van der Waals surface area contributed by atoms with Crippen LogP contribution in [-0.2, 0) is 0 Å². The molecule has 1 unspecified atom stereocenters. The lowest BCUT2D eigenvalue weighted by atomic mass is 10.1. The van der Waals surface area contributed by atoms with Crippen LogP contribution in [0.25, 0.3) is 0 Å². The van der Waals surface area contributed by atoms with Crippen molar-refractivity contribution < 1.29 is 4.74 Å². The third-order valence-electron chi connectivity index (χ3n) is 2.92. The number of benzene rings is 1. The second-order valence-electron chi connectivity index (χ2n) is 5.05. The number of halogens is 2. The fourth-order valence-electron chi connectivity index (χ4n) is 1.98. The first kappa shape index (κ1) is 16.3. The Bertz CT molecular complexity index is 617. The first-order chi connectivity index (χ1) is 9.97. The van der Waals surface area contributed by atoms with E-state index in [9.17, 15) is 0 Å². The van der Waals surface area contributed by atoms with Gasteiger partial charge in [-0.15, -0.1) is 0 Å². The summed E-state index contributed by atoms with van der Waals surface area (Å²) in [5, 5.41) is 3.46. The lowest BCUT2D eigenvalue weighted by Crippen LogP contribution is -2.12. The van der Waals surface area contributed by atoms with Gasteiger partial charge >= 0.3 is 0 Å². The minimum Gasteiger partial charge on any atom is -0.473 e. The first-order valence-corrected chi connectivity index (χ1v) is 8.39. The third kappa shape index (κ3) is 4.45. The molecule has 0 fully saturated rings. The summed E-state index contributed by atoms with van der Waals surface area (Å²) in [4.78, 5) is 4.30. The van der Waals surface area contributed by atoms with Gasteiger partial charge in [0.1, 0.15) is 0 Å². The molecule has 1 atom stereocenters. The van der Waals surface area contributed by atoms with Gasteiger partial charge in [-0.25, -0.2) is 4.98 Å². The van der Waals surface area contributed by atoms with Crippen molar-refractivity contribution in [2.75, 3.05) is 5.32 Å². The highest BCUT2D eigenvalue weighted by atomic mass is 79.9. The molecule has 2 aromatic rings. The summed E-state index contributed by atoms with van der Waals surface area (Å²) in [5.41, 5.74) is 2.08. The van der Waals surface area contributed by atoms with Crippen molar-refractivity contribution in [3.8, 4) is 5.88 Å². The Morgan fingerprint density at radius 1 is 1.14 bits per heavy atom. The fraction of sp³-hybridized carbons (Fsp3) is 0.312. The Balaban J connectivity index is 2.21. The molecule has 0 aliphatic heterocycles. The maximum atomic E-state index is 5.74. The summed E-state index contributed by atoms with van der Waals surface area (Å²) < 4.78 is 7.85. The molecule has 0 saturated carbocycles. The number of pyridine rings is 1. The molecule has 1 N–H and O–H groups in total. The maximum absolute atomic E-state index is 5.74. The van der Waals surface area contributed by atoms with Crippen LogP contribution in [0.1, 0.15) is 32.4 Å². The van der Waals surface area contributed by atoms with Crippen LogP contribution in [0.15, 0.2) is 45.5 Å². The molecule has 0 aliphatic rings. The van der Waals surface area contributed by atoms with Gasteiger partial charge in [-0.05, 0) is 50.6 Å². The van der Waals surface area contributed by atoms with Crippen LogP contribution >= 0.6 is 31.9 Å². The molecule has 0 bridgehead atoms. The zero-order valence-corrected chi connectivity index (χ0v) is 15.4. The average molecular weight is 414 g/mol. The smallest absolute Gasteiger partial charge is 0.237 e. The Morgan fingerprint density at radius 3 is 2.57 bits per heavy atom. The van der Waals surface area contributed by atoms with E-state index in [1.807, 2.05) is 38.1 Å². The van der Waals surface area contributed by atoms with E-state index in [1.54, 1.807) is 6.20 Å². The second-order valence-corrected chi connectivity index (χ2v) is 6.82. The van der Waals surface area contributed by atoms with Crippen LogP contribution < -0.4 is 10.1 Å². The van der Waals surface area contributed by atoms with Gasteiger partial charge in [-0.2, -0.15) is 0 Å². The Hall–Kier alpha value is -1.07. The molecular formula is C16H18Br2N2O. The number of nitrogens with zero attached hydrogens (tertiary/aromatic N) is 1. The minimum atomic E-state index is 0.0928. The molecule has 112 valence electrons. The van der Waals surface area contributed by atoms with Crippen LogP contribution in [0.4, 0.5) is 5.69 Å². The van der Waals surface area contributed by atoms with E-state index in [0.29, 0.717) is 5.88 Å². The summed E-state index contributed by atoms with van der Waals surface area (Å²) in [6.07, 6.45) is 1.83. The first-order valence-electron chi connectivity index (χ1n) is 6.80. The average Bonchev–Trinajstić information content (AvgIpc) is 2.40. The van der Waals surface area contributed by atoms with E-state index >= 15 is 0 Å². The lowest BCUT2D eigenvalue weighted by molar-refractivity contribution is 0.234. The number of rotatable bonds is 5. The molecule has 0 aliphatic carbocycles. The number of anilines is 1. The molecule has 2 rings (SSSR count). The SMILES string of the molecule is CC(C)Oc1ncccc1NC(C)c1ccc(Br)cc1Br. The van der Waals surface area contributed by atoms with Gasteiger partial charge in [0, 0.05) is 21.2 Å². The maximum Gasteiger partial charge on any atom is 0.237 e. The number of hydrogen-bond acceptors (Lipinski definition) is 3. The van der Waals surface area contributed by atoms with Crippen molar-refractivity contribution >= 4 is 37.5 Å². The van der Waals surface area contributed by atoms with Crippen LogP contribution in [0.2, 0.25) is 0 Å². The number of aromatic nitrogens is 1. The summed E-state index contributed by atoms with van der Waals surface area (Å²) >= 11 is 7.07. The van der Waals surface area contributed by atoms with Crippen molar-refractivity contribution in [2.45, 2.75) is 32.9 Å². The molecule has 0 radical (unpaired) electrons. The van der Waals surface area contributed by atoms with Crippen molar-refractivity contribution in [2.24, 2.45) is 0 Å². The molecule has 1 aromatic heterocycles. The summed E-state index contributed by atoms with van der Waals surface area (Å²) in [6.45, 7) is 6.10. The summed E-state index contributed by atoms with van der Waals surface area (Å²) in [5.74, 6) is 0.632. The highest BCUT2D eigenvalue weighted by Crippen LogP contribution is 2.31. The van der Waals surface area contributed by atoms with E-state index < -0.39 is 0 Å². The van der Waals surface area contributed by atoms with E-state index in [-0.39, 0.29) is 12.1 Å². The second kappa shape index (κ2) is 7.27. The van der Waals surface area contributed by atoms with Gasteiger partial charge in [0.25, 0.3) is 0 Å². The minimum absolute atomic E-state index is 0.0928. The van der Waals surface area contributed by atoms with Gasteiger partial charge in [-0.3, -0.25) is 0 Å². The van der Waals surface area contributed by atoms with Gasteiger partial charge in [-0.1, -0.05) is 37.9 Å². The number of ether oxygens (including phenoxy) is 1. The predicted molar refractivity (Wildman–Crippen MR) is 93.9 cm³/mol. The van der Waals surface area contributed by atoms with Crippen molar-refractivity contribution in [3.05, 3.63) is 51.0 Å². The van der Waals surface area contributed by atoms with Gasteiger partial charge in [0.15, 0.2) is 0 Å². The Morgan fingerprint density at radius 2 is 1.90 bits per heavy atom. The van der Waals surface area contributed by atoms with Crippen molar-refractivity contribution in [1.29, 1.82) is 0 Å². The van der Waals surface area contributed by atoms with Crippen LogP contribution in [0.3, 0.4) is 0 Å². The molecule has 0 saturated heterocycles. The van der Waals surface area contributed by atoms with Crippen LogP contribution in [0, 0.1) is 0 Å². The highest BCUT2D eigenvalue weighted by molar-refractivity contribution is 9.11. The third-order valence-corrected chi connectivity index (χ3v) is 4.10. The highest BCUT2D eigenvalue weighted by Gasteiger charge is 2.13. The van der Waals surface area contributed by atoms with Gasteiger partial charge in [0.05, 0.1) is 11.8 Å². The predicted octanol–water partition coefficient (Wildman–Crippen LogP) is 5.57. The molecule has 0 spiro atoms. The standard InChI is InChI=1S/C16H18Br2N2O/c1-10(2)21-16-15(5-4-8-19-16)20-11(3)13-7-6-12(17)9-14(13)18/h4-11,20H,1-3H3. The molecule has 5 heteroatoms. The van der Waals surface area contributed by atoms with Gasteiger partial charge in [0.2, 0.25) is 5.88 Å². The van der Waals surface area contributed by atoms with Crippen molar-refractivity contribution in [1.82, 2.24) is 4.98 Å². The topological polar surface area (TPSA) is 34.1 Å². The zero-order chi connectivity index (χ0) is 15.4. The summed E-state index contributed by atoms with van der Waals surface area (Å²) in [7, 11) is 0. The van der Waals surface area contributed by atoms with Crippen molar-refractivity contribution in [3.63, 3.8) is 0 Å². The molecule has 1 aromatic carbocycles. The fourth-order valence-corrected chi connectivity index (χ4v) is 3.37. The van der Waals surface area contributed by atoms with E-state index in [2.05, 4.69) is 55.2 Å². The zero-order valence-electron chi connectivity index (χ0n) is 12.2. The van der Waals surface area contributed by atoms with E-state index in [1.165, 1.54) is 5.56 Å². The molecule has 1 heterocycles. The normalized spacial score (nSPS) is 12.3. The summed E-state index contributed by atoms with van der Waals surface area (Å²) in [6, 6.07) is 10.2. The molecule has 21 heavy (non-hydrogen) atoms. The number of nitrogens with one attached hydrogen (secondary N) is 1. The Kier molecular flexibility index (Phi) is 5.65. The quantitative estimate of drug-likeness (QED) is 0.695. The van der Waals surface area contributed by atoms with E-state index in [4.69, 9.17) is 4.74 Å². The molecule has 0 amide bonds. The lowest BCUT2D eigenvalue weighted by Gasteiger charge is -2.20. The largest absolute Gasteiger partial charge is 0.473 e. The Labute approximate surface area is 142 Å². The molecule has 3 nitrogen and oxygen atoms in total. The van der Waals surface area contributed by atoms with E-state index in [0.717, 1.165) is 14.6 Å². The van der Waals surface area contributed by atoms with Gasteiger partial charge < -0.3 is 10.1 Å². The monoisotopic (exact) mass is 412 g/mol. The van der Waals surface area contributed by atoms with Crippen LogP contribution in [0.5, 0.6) is 5.88 Å². The number of hydrogen-bond donors (Lipinski definition) is 1. The molecular weight excluding hydrogens is 396 g/mol.